The van der Waals surface area contributed by atoms with E-state index in [0.717, 1.165) is 28.5 Å². The minimum absolute atomic E-state index is 0. The number of aliphatic carboxylic acids is 1. The van der Waals surface area contributed by atoms with Gasteiger partial charge in [0, 0.05) is 18.6 Å². The molecule has 0 saturated carbocycles. The number of carbonyl (C=O) groups excluding carboxylic acids is 1. The second-order valence-electron chi connectivity index (χ2n) is 6.24. The van der Waals surface area contributed by atoms with Crippen LogP contribution in [0.2, 0.25) is 0 Å². The summed E-state index contributed by atoms with van der Waals surface area (Å²) in [5.74, 6) is -1.67. The van der Waals surface area contributed by atoms with E-state index in [0.29, 0.717) is 11.1 Å². The summed E-state index contributed by atoms with van der Waals surface area (Å²) in [6.45, 7) is 1.78. The van der Waals surface area contributed by atoms with Crippen molar-refractivity contribution in [1.82, 2.24) is 0 Å². The summed E-state index contributed by atoms with van der Waals surface area (Å²) < 4.78 is 36.8. The van der Waals surface area contributed by atoms with Crippen molar-refractivity contribution in [2.75, 3.05) is 6.26 Å². The molecule has 1 aliphatic carbocycles. The number of allylic oxidation sites excluding steroid dienone is 2. The number of carbonyl (C=O) groups is 1. The van der Waals surface area contributed by atoms with Gasteiger partial charge < -0.3 is 9.90 Å². The Labute approximate surface area is 179 Å². The van der Waals surface area contributed by atoms with E-state index in [1.54, 1.807) is 25.1 Å². The Kier molecular flexibility index (Phi) is 6.47. The Morgan fingerprint density at radius 1 is 1.11 bits per heavy atom. The number of carboxylic acids is 1. The third-order valence-corrected chi connectivity index (χ3v) is 5.52. The summed E-state index contributed by atoms with van der Waals surface area (Å²) in [6.07, 6.45) is 2.67. The quantitative estimate of drug-likeness (QED) is 0.668. The van der Waals surface area contributed by atoms with Crippen LogP contribution in [0.4, 0.5) is 4.39 Å². The van der Waals surface area contributed by atoms with Crippen molar-refractivity contribution in [2.24, 2.45) is 0 Å². The molecule has 27 heavy (non-hydrogen) atoms. The molecular weight excluding hydrogens is 378 g/mol. The van der Waals surface area contributed by atoms with E-state index in [4.69, 9.17) is 0 Å². The van der Waals surface area contributed by atoms with E-state index in [9.17, 15) is 22.7 Å². The molecule has 0 fully saturated rings. The van der Waals surface area contributed by atoms with Crippen molar-refractivity contribution >= 4 is 33.0 Å². The molecule has 0 radical (unpaired) electrons. The van der Waals surface area contributed by atoms with Gasteiger partial charge in [-0.15, -0.1) is 0 Å². The molecule has 0 N–H and O–H groups in total. The molecule has 3 rings (SSSR count). The first-order valence-electron chi connectivity index (χ1n) is 7.89. The summed E-state index contributed by atoms with van der Waals surface area (Å²) in [4.78, 5) is 11.3. The monoisotopic (exact) mass is 394 g/mol. The zero-order chi connectivity index (χ0) is 19.1. The van der Waals surface area contributed by atoms with Crippen molar-refractivity contribution in [2.45, 2.75) is 18.2 Å². The molecule has 1 aliphatic rings. The molecule has 0 saturated heterocycles. The molecule has 0 heterocycles. The largest absolute Gasteiger partial charge is 1.00 e. The first kappa shape index (κ1) is 21.6. The topological polar surface area (TPSA) is 74.3 Å². The van der Waals surface area contributed by atoms with Gasteiger partial charge in [-0.25, -0.2) is 12.8 Å². The summed E-state index contributed by atoms with van der Waals surface area (Å²) in [5, 5.41) is 11.1. The van der Waals surface area contributed by atoms with Crippen LogP contribution in [0.25, 0.3) is 17.2 Å². The summed E-state index contributed by atoms with van der Waals surface area (Å²) >= 11 is 0. The first-order valence-corrected chi connectivity index (χ1v) is 9.78. The molecular formula is C20H16FNaO4S. The predicted octanol–water partition coefficient (Wildman–Crippen LogP) is -0.299. The van der Waals surface area contributed by atoms with Gasteiger partial charge in [0.25, 0.3) is 0 Å². The van der Waals surface area contributed by atoms with Gasteiger partial charge in [0.05, 0.1) is 4.90 Å². The summed E-state index contributed by atoms with van der Waals surface area (Å²) in [7, 11) is -3.28. The van der Waals surface area contributed by atoms with Gasteiger partial charge in [-0.2, -0.15) is 0 Å². The van der Waals surface area contributed by atoms with Gasteiger partial charge in [0.1, 0.15) is 5.82 Å². The molecule has 0 aromatic heterocycles. The number of hydrogen-bond acceptors (Lipinski definition) is 4. The third-order valence-electron chi connectivity index (χ3n) is 4.39. The Morgan fingerprint density at radius 2 is 1.74 bits per heavy atom. The van der Waals surface area contributed by atoms with Crippen LogP contribution >= 0.6 is 0 Å². The second kappa shape index (κ2) is 8.10. The molecule has 2 aromatic carbocycles. The van der Waals surface area contributed by atoms with Crippen LogP contribution < -0.4 is 34.7 Å². The maximum Gasteiger partial charge on any atom is 1.00 e. The number of rotatable bonds is 4. The molecule has 4 nitrogen and oxygen atoms in total. The predicted molar refractivity (Wildman–Crippen MR) is 96.0 cm³/mol. The molecule has 134 valence electrons. The SMILES string of the molecule is CC1=C(CC(=O)[O-])c2cc(F)ccc2C1=Cc1ccc(S(C)(=O)=O)cc1.[Na+]. The maximum atomic E-state index is 13.6. The van der Waals surface area contributed by atoms with Crippen molar-refractivity contribution < 1.29 is 52.3 Å². The number of halogens is 1. The molecule has 7 heteroatoms. The normalized spacial score (nSPS) is 14.9. The number of benzene rings is 2. The first-order chi connectivity index (χ1) is 12.2. The average molecular weight is 394 g/mol. The van der Waals surface area contributed by atoms with E-state index in [2.05, 4.69) is 0 Å². The Bertz CT molecular complexity index is 1070. The number of fused-ring (bicyclic) bond motifs is 1. The van der Waals surface area contributed by atoms with Gasteiger partial charge in [-0.3, -0.25) is 0 Å². The van der Waals surface area contributed by atoms with Crippen LogP contribution in [-0.4, -0.2) is 20.6 Å². The van der Waals surface area contributed by atoms with Crippen molar-refractivity contribution in [3.63, 3.8) is 0 Å². The molecule has 0 spiro atoms. The number of carboxylic acid groups (broad SMARTS) is 1. The van der Waals surface area contributed by atoms with Crippen molar-refractivity contribution in [3.05, 3.63) is 70.5 Å². The van der Waals surface area contributed by atoms with E-state index < -0.39 is 21.6 Å². The fourth-order valence-corrected chi connectivity index (χ4v) is 3.73. The summed E-state index contributed by atoms with van der Waals surface area (Å²) in [6, 6.07) is 10.7. The van der Waals surface area contributed by atoms with Gasteiger partial charge >= 0.3 is 29.6 Å². The van der Waals surface area contributed by atoms with Gasteiger partial charge in [-0.05, 0) is 70.7 Å². The zero-order valence-corrected chi connectivity index (χ0v) is 18.1. The smallest absolute Gasteiger partial charge is 0.550 e. The summed E-state index contributed by atoms with van der Waals surface area (Å²) in [5.41, 5.74) is 4.10. The minimum Gasteiger partial charge on any atom is -0.550 e. The fraction of sp³-hybridized carbons (Fsp3) is 0.150. The van der Waals surface area contributed by atoms with Crippen molar-refractivity contribution in [3.8, 4) is 0 Å². The van der Waals surface area contributed by atoms with Crippen LogP contribution in [0.1, 0.15) is 30.0 Å². The van der Waals surface area contributed by atoms with Gasteiger partial charge in [0.2, 0.25) is 0 Å². The number of hydrogen-bond donors (Lipinski definition) is 0. The molecule has 0 atom stereocenters. The fourth-order valence-electron chi connectivity index (χ4n) is 3.10. The zero-order valence-electron chi connectivity index (χ0n) is 15.2. The third kappa shape index (κ3) is 4.58. The molecule has 0 bridgehead atoms. The molecule has 0 amide bonds. The standard InChI is InChI=1S/C20H17FO4S.Na/c1-12-17(9-13-3-6-15(7-4-13)26(2,24)25)16-8-5-14(21)10-19(16)18(12)11-20(22)23;/h3-10H,11H2,1-2H3,(H,22,23);/q;+1/p-1. The van der Waals surface area contributed by atoms with E-state index in [-0.39, 0.29) is 40.9 Å². The van der Waals surface area contributed by atoms with E-state index >= 15 is 0 Å². The van der Waals surface area contributed by atoms with Gasteiger partial charge in [0.15, 0.2) is 9.84 Å². The van der Waals surface area contributed by atoms with Crippen LogP contribution in [0.15, 0.2) is 52.9 Å². The Morgan fingerprint density at radius 3 is 2.30 bits per heavy atom. The van der Waals surface area contributed by atoms with Crippen LogP contribution in [0.3, 0.4) is 0 Å². The number of sulfone groups is 1. The molecule has 0 unspecified atom stereocenters. The van der Waals surface area contributed by atoms with Crippen LogP contribution in [0, 0.1) is 5.82 Å². The maximum absolute atomic E-state index is 13.6. The van der Waals surface area contributed by atoms with Crippen LogP contribution in [-0.2, 0) is 14.6 Å². The minimum atomic E-state index is -3.28. The Balaban J connectivity index is 0.00000261. The molecule has 0 aliphatic heterocycles. The Hall–Kier alpha value is -1.73. The molecule has 2 aromatic rings. The van der Waals surface area contributed by atoms with Gasteiger partial charge in [-0.1, -0.05) is 18.2 Å². The van der Waals surface area contributed by atoms with E-state index in [1.165, 1.54) is 24.3 Å². The average Bonchev–Trinajstić information content (AvgIpc) is 2.79. The van der Waals surface area contributed by atoms with Crippen LogP contribution in [0.5, 0.6) is 0 Å². The van der Waals surface area contributed by atoms with E-state index in [1.807, 2.05) is 6.08 Å². The van der Waals surface area contributed by atoms with Crippen molar-refractivity contribution in [1.29, 1.82) is 0 Å². The second-order valence-corrected chi connectivity index (χ2v) is 8.26.